The molecule has 0 bridgehead atoms. The molecular weight excluding hydrogens is 345 g/mol. The third-order valence-corrected chi connectivity index (χ3v) is 3.71. The van der Waals surface area contributed by atoms with Crippen LogP contribution in [0, 0.1) is 3.57 Å². The average molecular weight is 363 g/mol. The van der Waals surface area contributed by atoms with Gasteiger partial charge in [0.2, 0.25) is 0 Å². The van der Waals surface area contributed by atoms with Crippen molar-refractivity contribution in [2.45, 2.75) is 19.6 Å². The van der Waals surface area contributed by atoms with Crippen LogP contribution in [0.1, 0.15) is 12.6 Å². The van der Waals surface area contributed by atoms with Crippen LogP contribution in [0.15, 0.2) is 11.2 Å². The number of halogens is 1. The lowest BCUT2D eigenvalue weighted by Crippen LogP contribution is -2.47. The van der Waals surface area contributed by atoms with Crippen LogP contribution in [0.4, 0.5) is 0 Å². The minimum absolute atomic E-state index is 0.211. The highest BCUT2D eigenvalue weighted by molar-refractivity contribution is 14.1. The van der Waals surface area contributed by atoms with E-state index in [9.17, 15) is 0 Å². The van der Waals surface area contributed by atoms with Crippen molar-refractivity contribution in [1.29, 1.82) is 0 Å². The van der Waals surface area contributed by atoms with E-state index in [0.717, 1.165) is 22.4 Å². The lowest BCUT2D eigenvalue weighted by molar-refractivity contribution is 0.00528. The van der Waals surface area contributed by atoms with Gasteiger partial charge in [0, 0.05) is 26.3 Å². The van der Waals surface area contributed by atoms with E-state index in [1.165, 1.54) is 0 Å². The van der Waals surface area contributed by atoms with Crippen LogP contribution in [0.2, 0.25) is 0 Å². The molecule has 1 aliphatic heterocycles. The van der Waals surface area contributed by atoms with E-state index in [1.54, 1.807) is 4.68 Å². The number of morpholine rings is 1. The Morgan fingerprint density at radius 3 is 3.11 bits per heavy atom. The van der Waals surface area contributed by atoms with E-state index < -0.39 is 0 Å². The van der Waals surface area contributed by atoms with E-state index in [1.807, 2.05) is 20.2 Å². The smallest absolute Gasteiger partial charge is 0.191 e. The second-order valence-corrected chi connectivity index (χ2v) is 5.56. The van der Waals surface area contributed by atoms with Crippen molar-refractivity contribution >= 4 is 28.6 Å². The Bertz CT molecular complexity index is 445. The molecule has 1 atom stereocenters. The summed E-state index contributed by atoms with van der Waals surface area (Å²) in [4.78, 5) is 6.47. The number of hydrogen-bond acceptors (Lipinski definition) is 3. The number of rotatable bonds is 2. The van der Waals surface area contributed by atoms with Gasteiger partial charge in [-0.05, 0) is 29.5 Å². The zero-order chi connectivity index (χ0) is 13.1. The van der Waals surface area contributed by atoms with Crippen molar-refractivity contribution in [3.05, 3.63) is 15.5 Å². The molecule has 1 aromatic rings. The number of aliphatic imine (C=N–C) groups is 1. The SMILES string of the molecule is CC1CN(C(N)=NCc2nn(C)cc2I)CCO1. The van der Waals surface area contributed by atoms with Gasteiger partial charge in [0.15, 0.2) is 5.96 Å². The molecule has 1 unspecified atom stereocenters. The summed E-state index contributed by atoms with van der Waals surface area (Å²) in [5, 5.41) is 4.35. The third-order valence-electron chi connectivity index (χ3n) is 2.81. The van der Waals surface area contributed by atoms with E-state index in [-0.39, 0.29) is 6.10 Å². The fourth-order valence-corrected chi connectivity index (χ4v) is 2.58. The zero-order valence-corrected chi connectivity index (χ0v) is 12.8. The maximum absolute atomic E-state index is 6.00. The molecule has 0 saturated carbocycles. The first-order valence-electron chi connectivity index (χ1n) is 5.90. The minimum Gasteiger partial charge on any atom is -0.375 e. The normalized spacial score (nSPS) is 21.4. The van der Waals surface area contributed by atoms with Crippen LogP contribution in [-0.2, 0) is 18.3 Å². The van der Waals surface area contributed by atoms with Crippen molar-refractivity contribution in [1.82, 2.24) is 14.7 Å². The van der Waals surface area contributed by atoms with E-state index in [4.69, 9.17) is 10.5 Å². The third kappa shape index (κ3) is 3.35. The second kappa shape index (κ2) is 5.87. The van der Waals surface area contributed by atoms with Crippen molar-refractivity contribution in [3.63, 3.8) is 0 Å². The largest absolute Gasteiger partial charge is 0.375 e. The van der Waals surface area contributed by atoms with E-state index in [0.29, 0.717) is 19.1 Å². The Labute approximate surface area is 120 Å². The molecule has 0 aromatic carbocycles. The van der Waals surface area contributed by atoms with Crippen molar-refractivity contribution in [2.75, 3.05) is 19.7 Å². The van der Waals surface area contributed by atoms with Crippen LogP contribution in [0.25, 0.3) is 0 Å². The minimum atomic E-state index is 0.211. The van der Waals surface area contributed by atoms with Crippen molar-refractivity contribution in [3.8, 4) is 0 Å². The van der Waals surface area contributed by atoms with Crippen LogP contribution in [0.5, 0.6) is 0 Å². The van der Waals surface area contributed by atoms with Gasteiger partial charge >= 0.3 is 0 Å². The van der Waals surface area contributed by atoms with Crippen LogP contribution in [0.3, 0.4) is 0 Å². The maximum Gasteiger partial charge on any atom is 0.191 e. The topological polar surface area (TPSA) is 68.7 Å². The highest BCUT2D eigenvalue weighted by atomic mass is 127. The van der Waals surface area contributed by atoms with Gasteiger partial charge in [-0.3, -0.25) is 4.68 Å². The van der Waals surface area contributed by atoms with Crippen molar-refractivity contribution < 1.29 is 4.74 Å². The Hall–Kier alpha value is -0.830. The first-order chi connectivity index (χ1) is 8.56. The first kappa shape index (κ1) is 13.6. The lowest BCUT2D eigenvalue weighted by Gasteiger charge is -2.31. The fraction of sp³-hybridized carbons (Fsp3) is 0.636. The summed E-state index contributed by atoms with van der Waals surface area (Å²) >= 11 is 2.26. The molecule has 7 heteroatoms. The molecule has 2 heterocycles. The monoisotopic (exact) mass is 363 g/mol. The highest BCUT2D eigenvalue weighted by Gasteiger charge is 2.18. The number of nitrogens with two attached hydrogens (primary N) is 1. The van der Waals surface area contributed by atoms with Gasteiger partial charge in [-0.2, -0.15) is 5.10 Å². The predicted molar refractivity (Wildman–Crippen MR) is 78.2 cm³/mol. The average Bonchev–Trinajstić information content (AvgIpc) is 2.65. The van der Waals surface area contributed by atoms with Crippen LogP contribution >= 0.6 is 22.6 Å². The summed E-state index contributed by atoms with van der Waals surface area (Å²) < 4.78 is 8.38. The molecule has 0 spiro atoms. The van der Waals surface area contributed by atoms with Gasteiger partial charge in [0.1, 0.15) is 0 Å². The molecule has 1 aromatic heterocycles. The summed E-state index contributed by atoms with van der Waals surface area (Å²) in [6.45, 7) is 4.88. The number of aromatic nitrogens is 2. The molecule has 2 rings (SSSR count). The lowest BCUT2D eigenvalue weighted by atomic mass is 10.3. The van der Waals surface area contributed by atoms with Gasteiger partial charge in [0.25, 0.3) is 0 Å². The van der Waals surface area contributed by atoms with Crippen LogP contribution < -0.4 is 5.73 Å². The van der Waals surface area contributed by atoms with Crippen molar-refractivity contribution in [2.24, 2.45) is 17.8 Å². The number of ether oxygens (including phenoxy) is 1. The first-order valence-corrected chi connectivity index (χ1v) is 6.98. The van der Waals surface area contributed by atoms with Gasteiger partial charge in [-0.25, -0.2) is 4.99 Å². The summed E-state index contributed by atoms with van der Waals surface area (Å²) in [5.74, 6) is 0.576. The Balaban J connectivity index is 1.98. The molecule has 0 aliphatic carbocycles. The Morgan fingerprint density at radius 2 is 2.50 bits per heavy atom. The zero-order valence-electron chi connectivity index (χ0n) is 10.6. The Kier molecular flexibility index (Phi) is 4.44. The maximum atomic E-state index is 6.00. The second-order valence-electron chi connectivity index (χ2n) is 4.40. The molecule has 18 heavy (non-hydrogen) atoms. The fourth-order valence-electron chi connectivity index (χ4n) is 1.90. The van der Waals surface area contributed by atoms with E-state index >= 15 is 0 Å². The number of guanidine groups is 1. The molecule has 6 nitrogen and oxygen atoms in total. The molecule has 1 fully saturated rings. The summed E-state index contributed by atoms with van der Waals surface area (Å²) in [6.07, 6.45) is 2.18. The van der Waals surface area contributed by atoms with Gasteiger partial charge in [0.05, 0.1) is 28.5 Å². The van der Waals surface area contributed by atoms with E-state index in [2.05, 4.69) is 37.6 Å². The molecule has 2 N–H and O–H groups in total. The standard InChI is InChI=1S/C11H18IN5O/c1-8-6-17(3-4-18-8)11(13)14-5-10-9(12)7-16(2)15-10/h7-8H,3-6H2,1-2H3,(H2,13,14). The molecule has 0 amide bonds. The highest BCUT2D eigenvalue weighted by Crippen LogP contribution is 2.11. The number of hydrogen-bond donors (Lipinski definition) is 1. The molecule has 0 radical (unpaired) electrons. The Morgan fingerprint density at radius 1 is 1.72 bits per heavy atom. The van der Waals surface area contributed by atoms with Gasteiger partial charge < -0.3 is 15.4 Å². The number of nitrogens with zero attached hydrogens (tertiary/aromatic N) is 4. The molecule has 1 aliphatic rings. The van der Waals surface area contributed by atoms with Crippen LogP contribution in [-0.4, -0.2) is 46.4 Å². The summed E-state index contributed by atoms with van der Waals surface area (Å²) in [5.41, 5.74) is 6.96. The number of aryl methyl sites for hydroxylation is 1. The molecule has 1 saturated heterocycles. The molecule has 100 valence electrons. The summed E-state index contributed by atoms with van der Waals surface area (Å²) in [6, 6.07) is 0. The predicted octanol–water partition coefficient (Wildman–Crippen LogP) is 0.560. The summed E-state index contributed by atoms with van der Waals surface area (Å²) in [7, 11) is 1.91. The quantitative estimate of drug-likeness (QED) is 0.474. The molecular formula is C11H18IN5O. The van der Waals surface area contributed by atoms with Gasteiger partial charge in [-0.15, -0.1) is 0 Å². The van der Waals surface area contributed by atoms with Gasteiger partial charge in [-0.1, -0.05) is 0 Å².